The molecule has 17 heavy (non-hydrogen) atoms. The highest BCUT2D eigenvalue weighted by atomic mass is 14.9. The molecule has 0 aromatic rings. The average Bonchev–Trinajstić information content (AvgIpc) is 2.72. The molecule has 2 rings (SSSR count). The molecular formula is C16H31N. The van der Waals surface area contributed by atoms with Crippen molar-refractivity contribution in [2.75, 3.05) is 13.1 Å². The Labute approximate surface area is 108 Å². The highest BCUT2D eigenvalue weighted by Gasteiger charge is 2.72. The summed E-state index contributed by atoms with van der Waals surface area (Å²) in [4.78, 5) is 0. The smallest absolute Gasteiger partial charge is 0.000957 e. The fourth-order valence-corrected chi connectivity index (χ4v) is 4.92. The van der Waals surface area contributed by atoms with E-state index in [2.05, 4.69) is 39.9 Å². The first-order valence-corrected chi connectivity index (χ1v) is 7.67. The molecule has 0 saturated heterocycles. The van der Waals surface area contributed by atoms with Crippen molar-refractivity contribution in [3.63, 3.8) is 0 Å². The van der Waals surface area contributed by atoms with Crippen LogP contribution in [-0.4, -0.2) is 13.1 Å². The van der Waals surface area contributed by atoms with Crippen molar-refractivity contribution >= 4 is 0 Å². The van der Waals surface area contributed by atoms with E-state index in [9.17, 15) is 0 Å². The van der Waals surface area contributed by atoms with Gasteiger partial charge in [0.25, 0.3) is 0 Å². The molecule has 2 fully saturated rings. The molecule has 0 radical (unpaired) electrons. The second kappa shape index (κ2) is 4.57. The average molecular weight is 237 g/mol. The molecule has 0 aromatic heterocycles. The molecule has 0 amide bonds. The zero-order valence-corrected chi connectivity index (χ0v) is 12.5. The van der Waals surface area contributed by atoms with Crippen LogP contribution in [-0.2, 0) is 0 Å². The van der Waals surface area contributed by atoms with Crippen molar-refractivity contribution in [2.45, 2.75) is 60.3 Å². The van der Waals surface area contributed by atoms with Gasteiger partial charge in [-0.15, -0.1) is 0 Å². The first-order chi connectivity index (χ1) is 7.96. The first-order valence-electron chi connectivity index (χ1n) is 7.67. The molecule has 0 heterocycles. The third-order valence-corrected chi connectivity index (χ3v) is 6.04. The van der Waals surface area contributed by atoms with Crippen LogP contribution in [0.1, 0.15) is 60.3 Å². The first kappa shape index (κ1) is 13.4. The number of rotatable bonds is 4. The monoisotopic (exact) mass is 237 g/mol. The van der Waals surface area contributed by atoms with E-state index in [0.29, 0.717) is 10.8 Å². The van der Waals surface area contributed by atoms with Crippen LogP contribution in [0.4, 0.5) is 0 Å². The highest BCUT2D eigenvalue weighted by Crippen LogP contribution is 2.76. The zero-order valence-electron chi connectivity index (χ0n) is 12.5. The lowest BCUT2D eigenvalue weighted by Gasteiger charge is -2.36. The third kappa shape index (κ3) is 1.95. The summed E-state index contributed by atoms with van der Waals surface area (Å²) >= 11 is 0. The lowest BCUT2D eigenvalue weighted by molar-refractivity contribution is 0.134. The number of hydrogen-bond acceptors (Lipinski definition) is 1. The summed E-state index contributed by atoms with van der Waals surface area (Å²) in [6.45, 7) is 14.7. The minimum absolute atomic E-state index is 0.571. The minimum Gasteiger partial charge on any atom is -0.316 e. The van der Waals surface area contributed by atoms with E-state index in [1.165, 1.54) is 38.8 Å². The largest absolute Gasteiger partial charge is 0.316 e. The van der Waals surface area contributed by atoms with Crippen molar-refractivity contribution in [3.8, 4) is 0 Å². The molecule has 2 aliphatic rings. The Kier molecular flexibility index (Phi) is 3.60. The SMILES string of the molecule is CCCNCC1C(C)(C)C12CC(C)CCC2C. The quantitative estimate of drug-likeness (QED) is 0.726. The fourth-order valence-electron chi connectivity index (χ4n) is 4.92. The maximum absolute atomic E-state index is 3.66. The second-order valence-corrected chi connectivity index (χ2v) is 7.31. The molecule has 0 aromatic carbocycles. The predicted molar refractivity (Wildman–Crippen MR) is 75.0 cm³/mol. The van der Waals surface area contributed by atoms with Gasteiger partial charge in [0, 0.05) is 0 Å². The van der Waals surface area contributed by atoms with Crippen LogP contribution in [0.2, 0.25) is 0 Å². The maximum atomic E-state index is 3.66. The zero-order chi connectivity index (χ0) is 12.7. The van der Waals surface area contributed by atoms with E-state index in [1.807, 2.05) is 0 Å². The van der Waals surface area contributed by atoms with E-state index < -0.39 is 0 Å². The van der Waals surface area contributed by atoms with E-state index in [-0.39, 0.29) is 0 Å². The molecule has 0 aliphatic heterocycles. The van der Waals surface area contributed by atoms with Gasteiger partial charge in [-0.2, -0.15) is 0 Å². The Hall–Kier alpha value is -0.0400. The van der Waals surface area contributed by atoms with E-state index in [0.717, 1.165) is 17.8 Å². The van der Waals surface area contributed by atoms with Gasteiger partial charge in [-0.25, -0.2) is 0 Å². The van der Waals surface area contributed by atoms with Gasteiger partial charge in [0.15, 0.2) is 0 Å². The van der Waals surface area contributed by atoms with E-state index >= 15 is 0 Å². The van der Waals surface area contributed by atoms with Crippen molar-refractivity contribution in [3.05, 3.63) is 0 Å². The summed E-state index contributed by atoms with van der Waals surface area (Å²) in [5.41, 5.74) is 1.23. The molecule has 0 bridgehead atoms. The highest BCUT2D eigenvalue weighted by molar-refractivity contribution is 5.20. The normalized spacial score (nSPS) is 43.9. The summed E-state index contributed by atoms with van der Waals surface area (Å²) in [7, 11) is 0. The topological polar surface area (TPSA) is 12.0 Å². The van der Waals surface area contributed by atoms with Crippen molar-refractivity contribution in [1.82, 2.24) is 5.32 Å². The molecule has 4 unspecified atom stereocenters. The lowest BCUT2D eigenvalue weighted by atomic mass is 9.69. The van der Waals surface area contributed by atoms with Gasteiger partial charge in [-0.05, 0) is 60.9 Å². The minimum atomic E-state index is 0.571. The van der Waals surface area contributed by atoms with Gasteiger partial charge in [-0.3, -0.25) is 0 Å². The van der Waals surface area contributed by atoms with Crippen molar-refractivity contribution in [2.24, 2.45) is 28.6 Å². The van der Waals surface area contributed by atoms with Crippen LogP contribution in [0, 0.1) is 28.6 Å². The standard InChI is InChI=1S/C16H31N/c1-6-9-17-11-14-15(4,5)16(14)10-12(2)7-8-13(16)3/h12-14,17H,6-11H2,1-5H3. The van der Waals surface area contributed by atoms with Crippen LogP contribution in [0.3, 0.4) is 0 Å². The number of hydrogen-bond donors (Lipinski definition) is 1. The summed E-state index contributed by atoms with van der Waals surface area (Å²) in [5.74, 6) is 2.79. The van der Waals surface area contributed by atoms with Gasteiger partial charge in [0.05, 0.1) is 0 Å². The Morgan fingerprint density at radius 1 is 1.18 bits per heavy atom. The summed E-state index contributed by atoms with van der Waals surface area (Å²) in [6.07, 6.45) is 5.63. The Morgan fingerprint density at radius 3 is 2.53 bits per heavy atom. The second-order valence-electron chi connectivity index (χ2n) is 7.31. The van der Waals surface area contributed by atoms with Crippen LogP contribution in [0.25, 0.3) is 0 Å². The summed E-state index contributed by atoms with van der Waals surface area (Å²) in [6, 6.07) is 0. The van der Waals surface area contributed by atoms with Crippen LogP contribution < -0.4 is 5.32 Å². The lowest BCUT2D eigenvalue weighted by Crippen LogP contribution is -2.29. The van der Waals surface area contributed by atoms with Gasteiger partial charge in [0.1, 0.15) is 0 Å². The van der Waals surface area contributed by atoms with E-state index in [1.54, 1.807) is 0 Å². The maximum Gasteiger partial charge on any atom is -0.000957 e. The molecule has 2 saturated carbocycles. The Morgan fingerprint density at radius 2 is 1.88 bits per heavy atom. The molecule has 1 spiro atoms. The molecule has 1 heteroatoms. The fraction of sp³-hybridized carbons (Fsp3) is 1.00. The molecule has 4 atom stereocenters. The van der Waals surface area contributed by atoms with Gasteiger partial charge in [-0.1, -0.05) is 41.0 Å². The van der Waals surface area contributed by atoms with Gasteiger partial charge in [0.2, 0.25) is 0 Å². The molecule has 100 valence electrons. The molecular weight excluding hydrogens is 206 g/mol. The van der Waals surface area contributed by atoms with E-state index in [4.69, 9.17) is 0 Å². The summed E-state index contributed by atoms with van der Waals surface area (Å²) in [5, 5.41) is 3.66. The Balaban J connectivity index is 2.03. The number of nitrogens with one attached hydrogen (secondary N) is 1. The van der Waals surface area contributed by atoms with Crippen molar-refractivity contribution < 1.29 is 0 Å². The van der Waals surface area contributed by atoms with Crippen LogP contribution in [0.5, 0.6) is 0 Å². The molecule has 1 nitrogen and oxygen atoms in total. The Bertz CT molecular complexity index is 271. The molecule has 2 aliphatic carbocycles. The van der Waals surface area contributed by atoms with Gasteiger partial charge >= 0.3 is 0 Å². The van der Waals surface area contributed by atoms with Crippen LogP contribution in [0.15, 0.2) is 0 Å². The molecule has 1 N–H and O–H groups in total. The predicted octanol–water partition coefficient (Wildman–Crippen LogP) is 4.08. The third-order valence-electron chi connectivity index (χ3n) is 6.04. The summed E-state index contributed by atoms with van der Waals surface area (Å²) < 4.78 is 0. The van der Waals surface area contributed by atoms with Gasteiger partial charge < -0.3 is 5.32 Å². The van der Waals surface area contributed by atoms with Crippen LogP contribution >= 0.6 is 0 Å². The van der Waals surface area contributed by atoms with Crippen molar-refractivity contribution in [1.29, 1.82) is 0 Å².